The first-order chi connectivity index (χ1) is 25.7. The Morgan fingerprint density at radius 1 is 0.963 bits per heavy atom. The first-order valence-electron chi connectivity index (χ1n) is 19.3. The van der Waals surface area contributed by atoms with Crippen molar-refractivity contribution >= 4 is 24.9 Å². The Bertz CT molecular complexity index is 2080. The van der Waals surface area contributed by atoms with Crippen LogP contribution in [0.1, 0.15) is 61.9 Å². The first-order valence-corrected chi connectivity index (χ1v) is 22.5. The molecule has 0 saturated carbocycles. The first kappa shape index (κ1) is 36.8. The maximum Gasteiger partial charge on any atom is 0.410 e. The van der Waals surface area contributed by atoms with Gasteiger partial charge in [0, 0.05) is 24.6 Å². The highest BCUT2D eigenvalue weighted by Gasteiger charge is 2.68. The highest BCUT2D eigenvalue weighted by molar-refractivity contribution is 6.80. The second-order valence-corrected chi connectivity index (χ2v) is 22.2. The molecule has 0 radical (unpaired) electrons. The number of nitrogens with zero attached hydrogens (tertiary/aromatic N) is 1. The van der Waals surface area contributed by atoms with Crippen LogP contribution in [0.15, 0.2) is 91.0 Å². The van der Waals surface area contributed by atoms with Gasteiger partial charge in [0.2, 0.25) is 0 Å². The van der Waals surface area contributed by atoms with Gasteiger partial charge in [-0.1, -0.05) is 85.9 Å². The van der Waals surface area contributed by atoms with Crippen molar-refractivity contribution in [1.29, 1.82) is 0 Å². The van der Waals surface area contributed by atoms with Gasteiger partial charge in [-0.15, -0.1) is 0 Å². The summed E-state index contributed by atoms with van der Waals surface area (Å²) >= 11 is 0. The van der Waals surface area contributed by atoms with Crippen LogP contribution in [0.25, 0.3) is 10.8 Å². The van der Waals surface area contributed by atoms with Crippen LogP contribution in [-0.4, -0.2) is 62.7 Å². The van der Waals surface area contributed by atoms with Gasteiger partial charge in [-0.05, 0) is 80.9 Å². The molecule has 0 N–H and O–H groups in total. The standard InChI is InChI=1S/C45H53NO7Si/c1-29-23-33-25-34-39-41(38(33)36(24-29)49-27-31-15-11-9-12-16-31)48-21-22-54(7,8)45(39)20-19-44(34,53-45)37-26-35(46(6)42(47)52-43(3,4)5)40(30(2)51-37)50-28-32-17-13-10-14-18-32/h9-20,23-25,30,35,37,40H,21-22,26-28H2,1-8H3/t30-,35-,37-,40-,44?,45?/m1/s1. The minimum Gasteiger partial charge on any atom is -0.493 e. The van der Waals surface area contributed by atoms with Gasteiger partial charge >= 0.3 is 6.09 Å². The average molecular weight is 748 g/mol. The Labute approximate surface area is 320 Å². The third-order valence-electron chi connectivity index (χ3n) is 11.8. The molecule has 4 heterocycles. The maximum atomic E-state index is 13.7. The highest BCUT2D eigenvalue weighted by Crippen LogP contribution is 2.65. The minimum absolute atomic E-state index is 0.350. The van der Waals surface area contributed by atoms with E-state index < -0.39 is 42.8 Å². The smallest absolute Gasteiger partial charge is 0.410 e. The molecule has 2 unspecified atom stereocenters. The fourth-order valence-corrected chi connectivity index (χ4v) is 11.9. The minimum atomic E-state index is -2.18. The van der Waals surface area contributed by atoms with Crippen LogP contribution in [0.4, 0.5) is 4.79 Å². The van der Waals surface area contributed by atoms with E-state index in [1.165, 1.54) is 0 Å². The van der Waals surface area contributed by atoms with E-state index in [9.17, 15) is 4.79 Å². The molecule has 4 aromatic carbocycles. The topological polar surface area (TPSA) is 75.7 Å². The van der Waals surface area contributed by atoms with Crippen LogP contribution in [0.5, 0.6) is 11.5 Å². The van der Waals surface area contributed by atoms with Crippen molar-refractivity contribution in [2.45, 2.75) is 114 Å². The van der Waals surface area contributed by atoms with Crippen LogP contribution < -0.4 is 9.47 Å². The largest absolute Gasteiger partial charge is 0.493 e. The van der Waals surface area contributed by atoms with Crippen molar-refractivity contribution in [3.05, 3.63) is 119 Å². The molecule has 1 spiro atoms. The van der Waals surface area contributed by atoms with Gasteiger partial charge in [0.1, 0.15) is 40.6 Å². The summed E-state index contributed by atoms with van der Waals surface area (Å²) in [5.74, 6) is 1.66. The molecule has 0 aromatic heterocycles. The van der Waals surface area contributed by atoms with Crippen molar-refractivity contribution in [3.63, 3.8) is 0 Å². The number of aryl methyl sites for hydroxylation is 1. The second-order valence-electron chi connectivity index (χ2n) is 17.2. The lowest BCUT2D eigenvalue weighted by atomic mass is 9.77. The van der Waals surface area contributed by atoms with E-state index in [2.05, 4.69) is 74.6 Å². The molecule has 8 nitrogen and oxygen atoms in total. The Balaban J connectivity index is 1.22. The molecule has 1 fully saturated rings. The number of benzene rings is 4. The Morgan fingerprint density at radius 3 is 2.33 bits per heavy atom. The molecule has 8 rings (SSSR count). The van der Waals surface area contributed by atoms with Gasteiger partial charge in [-0.25, -0.2) is 4.79 Å². The third kappa shape index (κ3) is 6.23. The molecule has 2 bridgehead atoms. The number of carbonyl (C=O) groups is 1. The molecular weight excluding hydrogens is 695 g/mol. The SMILES string of the molecule is Cc1cc(OCc2ccccc2)c2c3c4c(cc2c1)C1([C@H]2C[C@@H](N(C)C(=O)OC(C)(C)C)[C@H](OCc5ccccc5)[C@@H](C)O2)C=CC4(O1)[Si](C)(C)CCO3. The fraction of sp³-hybridized carbons (Fsp3) is 0.444. The van der Waals surface area contributed by atoms with Crippen LogP contribution in [0.2, 0.25) is 19.1 Å². The summed E-state index contributed by atoms with van der Waals surface area (Å²) in [6, 6.07) is 27.6. The molecule has 9 heteroatoms. The van der Waals surface area contributed by atoms with E-state index in [1.807, 2.05) is 71.1 Å². The number of likely N-dealkylation sites (N-methyl/N-ethyl adjacent to an activating group) is 1. The van der Waals surface area contributed by atoms with Crippen molar-refractivity contribution in [3.8, 4) is 11.5 Å². The summed E-state index contributed by atoms with van der Waals surface area (Å²) in [6.45, 7) is 16.1. The third-order valence-corrected chi connectivity index (χ3v) is 15.8. The van der Waals surface area contributed by atoms with E-state index >= 15 is 0 Å². The normalized spacial score (nSPS) is 27.9. The summed E-state index contributed by atoms with van der Waals surface area (Å²) in [6.07, 6.45) is 3.46. The summed E-state index contributed by atoms with van der Waals surface area (Å²) < 4.78 is 40.7. The molecule has 0 aliphatic carbocycles. The summed E-state index contributed by atoms with van der Waals surface area (Å²) in [5, 5.41) is 1.41. The number of amides is 1. The van der Waals surface area contributed by atoms with Crippen molar-refractivity contribution in [2.24, 2.45) is 0 Å². The Kier molecular flexibility index (Phi) is 9.23. The highest BCUT2D eigenvalue weighted by atomic mass is 28.3. The lowest BCUT2D eigenvalue weighted by molar-refractivity contribution is -0.217. The summed E-state index contributed by atoms with van der Waals surface area (Å²) in [5.41, 5.74) is 3.91. The van der Waals surface area contributed by atoms with Crippen molar-refractivity contribution in [2.75, 3.05) is 13.7 Å². The number of hydrogen-bond donors (Lipinski definition) is 0. The van der Waals surface area contributed by atoms with Gasteiger partial charge in [0.25, 0.3) is 0 Å². The van der Waals surface area contributed by atoms with Gasteiger partial charge in [-0.2, -0.15) is 0 Å². The molecule has 1 saturated heterocycles. The lowest BCUT2D eigenvalue weighted by Crippen LogP contribution is -2.60. The molecule has 4 aliphatic rings. The van der Waals surface area contributed by atoms with Gasteiger partial charge in [0.15, 0.2) is 0 Å². The van der Waals surface area contributed by atoms with Gasteiger partial charge in [-0.3, -0.25) is 0 Å². The van der Waals surface area contributed by atoms with Crippen molar-refractivity contribution < 1.29 is 33.2 Å². The van der Waals surface area contributed by atoms with Crippen LogP contribution >= 0.6 is 0 Å². The second kappa shape index (κ2) is 13.5. The van der Waals surface area contributed by atoms with E-state index in [1.54, 1.807) is 4.90 Å². The number of fused-ring (bicyclic) bond motifs is 4. The molecule has 284 valence electrons. The molecule has 1 amide bonds. The lowest BCUT2D eigenvalue weighted by Gasteiger charge is -2.48. The molecule has 6 atom stereocenters. The van der Waals surface area contributed by atoms with Crippen molar-refractivity contribution in [1.82, 2.24) is 4.90 Å². The Morgan fingerprint density at radius 2 is 1.65 bits per heavy atom. The number of carbonyl (C=O) groups excluding carboxylic acids is 1. The quantitative estimate of drug-likeness (QED) is 0.131. The van der Waals surface area contributed by atoms with E-state index in [0.717, 1.165) is 56.1 Å². The summed E-state index contributed by atoms with van der Waals surface area (Å²) in [7, 11) is -0.364. The summed E-state index contributed by atoms with van der Waals surface area (Å²) in [4.78, 5) is 15.4. The van der Waals surface area contributed by atoms with Gasteiger partial charge in [0.05, 0.1) is 44.9 Å². The molecule has 54 heavy (non-hydrogen) atoms. The zero-order chi connectivity index (χ0) is 38.0. The zero-order valence-electron chi connectivity index (χ0n) is 32.8. The number of hydrogen-bond acceptors (Lipinski definition) is 7. The van der Waals surface area contributed by atoms with E-state index in [-0.39, 0.29) is 12.1 Å². The molecular formula is C45H53NO7Si. The zero-order valence-corrected chi connectivity index (χ0v) is 33.8. The van der Waals surface area contributed by atoms with Crippen LogP contribution in [-0.2, 0) is 43.0 Å². The predicted molar refractivity (Wildman–Crippen MR) is 213 cm³/mol. The van der Waals surface area contributed by atoms with Crippen LogP contribution in [0.3, 0.4) is 0 Å². The molecule has 4 aliphatic heterocycles. The monoisotopic (exact) mass is 747 g/mol. The molecule has 4 aromatic rings. The van der Waals surface area contributed by atoms with Crippen LogP contribution in [0, 0.1) is 6.92 Å². The predicted octanol–water partition coefficient (Wildman–Crippen LogP) is 9.36. The number of ether oxygens (including phenoxy) is 6. The Hall–Kier alpha value is -4.15. The average Bonchev–Trinajstić information content (AvgIpc) is 3.65. The number of rotatable bonds is 8. The maximum absolute atomic E-state index is 13.7. The van der Waals surface area contributed by atoms with E-state index in [4.69, 9.17) is 28.4 Å². The van der Waals surface area contributed by atoms with E-state index in [0.29, 0.717) is 26.2 Å². The fourth-order valence-electron chi connectivity index (χ4n) is 8.98. The van der Waals surface area contributed by atoms with Gasteiger partial charge < -0.3 is 33.3 Å².